The van der Waals surface area contributed by atoms with Crippen molar-refractivity contribution in [3.05, 3.63) is 64.2 Å². The number of piperazine rings is 1. The van der Waals surface area contributed by atoms with Crippen LogP contribution in [0, 0.1) is 10.1 Å². The zero-order valence-electron chi connectivity index (χ0n) is 16.8. The van der Waals surface area contributed by atoms with Crippen LogP contribution in [0.4, 0.5) is 11.4 Å². The third-order valence-electron chi connectivity index (χ3n) is 5.30. The molecule has 0 spiro atoms. The highest BCUT2D eigenvalue weighted by Crippen LogP contribution is 2.19. The number of carbonyl (C=O) groups is 1. The second-order valence-electron chi connectivity index (χ2n) is 7.29. The Balaban J connectivity index is 1.46. The van der Waals surface area contributed by atoms with Crippen LogP contribution in [-0.4, -0.2) is 62.6 Å². The predicted octanol–water partition coefficient (Wildman–Crippen LogP) is 0.967. The van der Waals surface area contributed by atoms with Gasteiger partial charge < -0.3 is 19.4 Å². The van der Waals surface area contributed by atoms with Gasteiger partial charge in [0.25, 0.3) is 11.6 Å². The Morgan fingerprint density at radius 3 is 2.31 bits per heavy atom. The number of nitro groups is 1. The molecule has 154 valence electrons. The minimum Gasteiger partial charge on any atom is -0.497 e. The van der Waals surface area contributed by atoms with Crippen molar-refractivity contribution < 1.29 is 19.4 Å². The summed E-state index contributed by atoms with van der Waals surface area (Å²) in [5.74, 6) is 0.928. The van der Waals surface area contributed by atoms with Crippen LogP contribution >= 0.6 is 0 Å². The van der Waals surface area contributed by atoms with Crippen LogP contribution in [0.3, 0.4) is 0 Å². The Morgan fingerprint density at radius 1 is 1.14 bits per heavy atom. The molecule has 2 aromatic carbocycles. The Morgan fingerprint density at radius 2 is 1.76 bits per heavy atom. The van der Waals surface area contributed by atoms with Crippen molar-refractivity contribution in [1.29, 1.82) is 0 Å². The minimum absolute atomic E-state index is 0.100. The van der Waals surface area contributed by atoms with E-state index in [1.54, 1.807) is 24.1 Å². The number of anilines is 1. The van der Waals surface area contributed by atoms with Gasteiger partial charge in [-0.15, -0.1) is 0 Å². The molecule has 1 N–H and O–H groups in total. The first-order valence-corrected chi connectivity index (χ1v) is 9.66. The highest BCUT2D eigenvalue weighted by Gasteiger charge is 2.24. The summed E-state index contributed by atoms with van der Waals surface area (Å²) in [6.07, 6.45) is 0. The maximum Gasteiger partial charge on any atom is 0.277 e. The molecular formula is C21H27N4O4+. The molecule has 3 rings (SSSR count). The number of nitro benzene ring substituents is 1. The lowest BCUT2D eigenvalue weighted by Crippen LogP contribution is -3.15. The van der Waals surface area contributed by atoms with E-state index in [-0.39, 0.29) is 16.5 Å². The second kappa shape index (κ2) is 9.38. The van der Waals surface area contributed by atoms with E-state index < -0.39 is 0 Å². The molecule has 1 heterocycles. The highest BCUT2D eigenvalue weighted by molar-refractivity contribution is 5.76. The summed E-state index contributed by atoms with van der Waals surface area (Å²) in [5.41, 5.74) is 2.15. The summed E-state index contributed by atoms with van der Waals surface area (Å²) in [5, 5.41) is 10.8. The van der Waals surface area contributed by atoms with E-state index in [4.69, 9.17) is 4.74 Å². The Labute approximate surface area is 170 Å². The van der Waals surface area contributed by atoms with Crippen molar-refractivity contribution >= 4 is 17.3 Å². The van der Waals surface area contributed by atoms with Crippen molar-refractivity contribution in [2.24, 2.45) is 0 Å². The van der Waals surface area contributed by atoms with Gasteiger partial charge in [-0.1, -0.05) is 12.1 Å². The number of ether oxygens (including phenoxy) is 1. The van der Waals surface area contributed by atoms with Crippen molar-refractivity contribution in [2.75, 3.05) is 51.8 Å². The Kier molecular flexibility index (Phi) is 6.66. The van der Waals surface area contributed by atoms with E-state index in [9.17, 15) is 14.9 Å². The molecule has 1 saturated heterocycles. The number of nitrogens with one attached hydrogen (secondary N) is 1. The zero-order chi connectivity index (χ0) is 20.8. The Hall–Kier alpha value is -3.13. The van der Waals surface area contributed by atoms with Crippen LogP contribution in [0.2, 0.25) is 0 Å². The summed E-state index contributed by atoms with van der Waals surface area (Å²) < 4.78 is 5.16. The first-order valence-electron chi connectivity index (χ1n) is 9.66. The van der Waals surface area contributed by atoms with Gasteiger partial charge in [-0.05, 0) is 29.8 Å². The molecule has 0 bridgehead atoms. The van der Waals surface area contributed by atoms with Gasteiger partial charge in [0.1, 0.15) is 5.75 Å². The molecule has 0 aromatic heterocycles. The fourth-order valence-electron chi connectivity index (χ4n) is 3.48. The van der Waals surface area contributed by atoms with E-state index in [0.29, 0.717) is 13.1 Å². The van der Waals surface area contributed by atoms with E-state index in [1.807, 2.05) is 31.3 Å². The topological polar surface area (TPSA) is 80.4 Å². The molecule has 29 heavy (non-hydrogen) atoms. The molecule has 1 fully saturated rings. The average Bonchev–Trinajstić information content (AvgIpc) is 2.75. The number of benzene rings is 2. The molecule has 8 nitrogen and oxygen atoms in total. The molecule has 0 saturated carbocycles. The molecule has 0 unspecified atom stereocenters. The molecule has 1 amide bonds. The summed E-state index contributed by atoms with van der Waals surface area (Å²) in [7, 11) is 3.47. The quantitative estimate of drug-likeness (QED) is 0.554. The molecule has 0 radical (unpaired) electrons. The van der Waals surface area contributed by atoms with Crippen LogP contribution < -0.4 is 14.5 Å². The van der Waals surface area contributed by atoms with Crippen LogP contribution in [0.25, 0.3) is 0 Å². The molecule has 0 atom stereocenters. The summed E-state index contributed by atoms with van der Waals surface area (Å²) in [6, 6.07) is 14.4. The number of quaternary nitrogens is 1. The monoisotopic (exact) mass is 399 g/mol. The molecule has 8 heteroatoms. The smallest absolute Gasteiger partial charge is 0.277 e. The van der Waals surface area contributed by atoms with Crippen LogP contribution in [0.15, 0.2) is 48.5 Å². The summed E-state index contributed by atoms with van der Waals surface area (Å²) >= 11 is 0. The maximum absolute atomic E-state index is 12.6. The second-order valence-corrected chi connectivity index (χ2v) is 7.29. The first-order chi connectivity index (χ1) is 14.0. The number of nitrogens with zero attached hydrogens (tertiary/aromatic N) is 3. The lowest BCUT2D eigenvalue weighted by molar-refractivity contribution is -0.892. The number of amides is 1. The van der Waals surface area contributed by atoms with Gasteiger partial charge in [-0.2, -0.15) is 0 Å². The van der Waals surface area contributed by atoms with Gasteiger partial charge in [-0.3, -0.25) is 14.9 Å². The van der Waals surface area contributed by atoms with E-state index in [0.717, 1.165) is 43.2 Å². The van der Waals surface area contributed by atoms with Gasteiger partial charge in [0, 0.05) is 31.4 Å². The number of non-ortho nitro benzene ring substituents is 1. The van der Waals surface area contributed by atoms with Gasteiger partial charge in [0.2, 0.25) is 0 Å². The highest BCUT2D eigenvalue weighted by atomic mass is 16.6. The van der Waals surface area contributed by atoms with Crippen molar-refractivity contribution in [3.63, 3.8) is 0 Å². The largest absolute Gasteiger partial charge is 0.497 e. The molecule has 1 aliphatic rings. The maximum atomic E-state index is 12.6. The lowest BCUT2D eigenvalue weighted by atomic mass is 10.2. The van der Waals surface area contributed by atoms with Crippen molar-refractivity contribution in [3.8, 4) is 5.75 Å². The third-order valence-corrected chi connectivity index (χ3v) is 5.30. The first kappa shape index (κ1) is 20.6. The van der Waals surface area contributed by atoms with Crippen molar-refractivity contribution in [2.45, 2.75) is 6.54 Å². The normalized spacial score (nSPS) is 14.5. The van der Waals surface area contributed by atoms with E-state index >= 15 is 0 Å². The lowest BCUT2D eigenvalue weighted by Gasteiger charge is -2.34. The summed E-state index contributed by atoms with van der Waals surface area (Å²) in [4.78, 5) is 28.2. The number of hydrogen-bond donors (Lipinski definition) is 1. The van der Waals surface area contributed by atoms with E-state index in [2.05, 4.69) is 4.90 Å². The van der Waals surface area contributed by atoms with Gasteiger partial charge >= 0.3 is 0 Å². The Bertz CT molecular complexity index is 831. The van der Waals surface area contributed by atoms with Gasteiger partial charge in [0.15, 0.2) is 6.54 Å². The predicted molar refractivity (Wildman–Crippen MR) is 110 cm³/mol. The van der Waals surface area contributed by atoms with Gasteiger partial charge in [0.05, 0.1) is 38.2 Å². The molecular weight excluding hydrogens is 372 g/mol. The fraction of sp³-hybridized carbons (Fsp3) is 0.381. The SMILES string of the molecule is COc1ccc(CN(C)C(=O)C[NH+]2CCN(c3ccc([N+](=O)[O-])cc3)CC2)cc1. The minimum atomic E-state index is -0.389. The number of likely N-dealkylation sites (N-methyl/N-ethyl adjacent to an activating group) is 1. The fourth-order valence-corrected chi connectivity index (χ4v) is 3.48. The van der Waals surface area contributed by atoms with Gasteiger partial charge in [-0.25, -0.2) is 0 Å². The number of rotatable bonds is 7. The van der Waals surface area contributed by atoms with Crippen LogP contribution in [0.1, 0.15) is 5.56 Å². The van der Waals surface area contributed by atoms with Crippen molar-refractivity contribution in [1.82, 2.24) is 4.90 Å². The molecule has 2 aromatic rings. The zero-order valence-corrected chi connectivity index (χ0v) is 16.8. The average molecular weight is 399 g/mol. The van der Waals surface area contributed by atoms with E-state index in [1.165, 1.54) is 17.0 Å². The standard InChI is InChI=1S/C21H26N4O4/c1-22(15-17-3-9-20(29-2)10-4-17)21(26)16-23-11-13-24(14-12-23)18-5-7-19(8-6-18)25(27)28/h3-10H,11-16H2,1-2H3/p+1. The number of carbonyl (C=O) groups excluding carboxylic acids is 1. The summed E-state index contributed by atoms with van der Waals surface area (Å²) in [6.45, 7) is 4.41. The van der Waals surface area contributed by atoms with Crippen LogP contribution in [-0.2, 0) is 11.3 Å². The third kappa shape index (κ3) is 5.45. The molecule has 0 aliphatic carbocycles. The number of methoxy groups -OCH3 is 1. The van der Waals surface area contributed by atoms with Crippen LogP contribution in [0.5, 0.6) is 5.75 Å². The number of hydrogen-bond acceptors (Lipinski definition) is 5. The molecule has 1 aliphatic heterocycles.